The van der Waals surface area contributed by atoms with Crippen LogP contribution in [0.2, 0.25) is 0 Å². The fourth-order valence-electron chi connectivity index (χ4n) is 8.04. The van der Waals surface area contributed by atoms with Gasteiger partial charge in [-0.05, 0) is 117 Å². The number of hydrogen-bond donors (Lipinski definition) is 0. The minimum absolute atomic E-state index is 0.531. The first kappa shape index (κ1) is 26.2. The number of aryl methyl sites for hydroxylation is 2. The lowest BCUT2D eigenvalue weighted by Crippen LogP contribution is -2.29. The van der Waals surface area contributed by atoms with Gasteiger partial charge in [-0.15, -0.1) is 0 Å². The molecule has 0 radical (unpaired) electrons. The summed E-state index contributed by atoms with van der Waals surface area (Å²) in [5.74, 6) is 4.49. The van der Waals surface area contributed by atoms with E-state index >= 15 is 0 Å². The molecule has 1 aromatic rings. The Labute approximate surface area is 208 Å². The second-order valence-corrected chi connectivity index (χ2v) is 12.3. The van der Waals surface area contributed by atoms with E-state index in [-0.39, 0.29) is 0 Å². The minimum Gasteiger partial charge on any atom is -0.203 e. The van der Waals surface area contributed by atoms with Gasteiger partial charge >= 0.3 is 0 Å². The highest BCUT2D eigenvalue weighted by atomic mass is 19.2. The lowest BCUT2D eigenvalue weighted by Gasteiger charge is -2.41. The van der Waals surface area contributed by atoms with E-state index in [1.54, 1.807) is 6.07 Å². The standard InChI is InChI=1S/C32H50F2/c1-3-5-23-7-12-25(13-8-23)27-17-19-28(20-18-27)26-14-9-24(10-15-26)11-16-30-22-21-29(6-4-2)31(33)32(30)34/h21-28H,3-20H2,1-2H3. The molecule has 3 aliphatic carbocycles. The van der Waals surface area contributed by atoms with Crippen molar-refractivity contribution in [3.63, 3.8) is 0 Å². The Bertz CT molecular complexity index is 732. The van der Waals surface area contributed by atoms with E-state index in [4.69, 9.17) is 0 Å². The molecule has 34 heavy (non-hydrogen) atoms. The molecule has 0 bridgehead atoms. The van der Waals surface area contributed by atoms with Crippen LogP contribution in [-0.4, -0.2) is 0 Å². The van der Waals surface area contributed by atoms with Gasteiger partial charge < -0.3 is 0 Å². The zero-order chi connectivity index (χ0) is 23.9. The topological polar surface area (TPSA) is 0 Å². The van der Waals surface area contributed by atoms with Crippen LogP contribution in [0.1, 0.15) is 128 Å². The molecule has 1 aromatic carbocycles. The van der Waals surface area contributed by atoms with Crippen molar-refractivity contribution in [1.29, 1.82) is 0 Å². The molecule has 0 amide bonds. The highest BCUT2D eigenvalue weighted by molar-refractivity contribution is 5.26. The summed E-state index contributed by atoms with van der Waals surface area (Å²) in [5.41, 5.74) is 1.12. The van der Waals surface area contributed by atoms with Gasteiger partial charge in [-0.1, -0.05) is 70.9 Å². The van der Waals surface area contributed by atoms with Gasteiger partial charge in [0.1, 0.15) is 0 Å². The van der Waals surface area contributed by atoms with Gasteiger partial charge in [0.15, 0.2) is 11.6 Å². The van der Waals surface area contributed by atoms with E-state index in [0.717, 1.165) is 42.4 Å². The molecule has 0 unspecified atom stereocenters. The van der Waals surface area contributed by atoms with Crippen molar-refractivity contribution in [3.05, 3.63) is 34.9 Å². The normalized spacial score (nSPS) is 32.6. The van der Waals surface area contributed by atoms with Crippen molar-refractivity contribution in [2.24, 2.45) is 35.5 Å². The Hall–Kier alpha value is -0.920. The molecular weight excluding hydrogens is 422 g/mol. The lowest BCUT2D eigenvalue weighted by molar-refractivity contribution is 0.102. The predicted octanol–water partition coefficient (Wildman–Crippen LogP) is 10.1. The largest absolute Gasteiger partial charge is 0.203 e. The Morgan fingerprint density at radius 1 is 0.529 bits per heavy atom. The van der Waals surface area contributed by atoms with Gasteiger partial charge in [-0.3, -0.25) is 0 Å². The SMILES string of the molecule is CCCc1ccc(CCC2CCC(C3CCC(C4CCC(CCC)CC4)CC3)CC2)c(F)c1F. The van der Waals surface area contributed by atoms with Crippen molar-refractivity contribution < 1.29 is 8.78 Å². The van der Waals surface area contributed by atoms with Gasteiger partial charge in [0.25, 0.3) is 0 Å². The summed E-state index contributed by atoms with van der Waals surface area (Å²) in [6.07, 6.45) is 23.3. The molecule has 0 N–H and O–H groups in total. The maximum atomic E-state index is 14.5. The smallest absolute Gasteiger partial charge is 0.162 e. The first-order chi connectivity index (χ1) is 16.6. The average Bonchev–Trinajstić information content (AvgIpc) is 2.88. The van der Waals surface area contributed by atoms with Crippen LogP contribution in [0, 0.1) is 47.1 Å². The third kappa shape index (κ3) is 6.64. The minimum atomic E-state index is -0.604. The number of benzene rings is 1. The van der Waals surface area contributed by atoms with E-state index in [1.807, 2.05) is 13.0 Å². The molecule has 0 aromatic heterocycles. The van der Waals surface area contributed by atoms with E-state index < -0.39 is 11.6 Å². The third-order valence-electron chi connectivity index (χ3n) is 10.2. The molecular formula is C32H50F2. The third-order valence-corrected chi connectivity index (χ3v) is 10.2. The summed E-state index contributed by atoms with van der Waals surface area (Å²) < 4.78 is 28.8. The predicted molar refractivity (Wildman–Crippen MR) is 140 cm³/mol. The molecule has 2 heteroatoms. The molecule has 0 aliphatic heterocycles. The molecule has 4 rings (SSSR count). The van der Waals surface area contributed by atoms with Crippen molar-refractivity contribution in [2.45, 2.75) is 129 Å². The summed E-state index contributed by atoms with van der Waals surface area (Å²) in [4.78, 5) is 0. The van der Waals surface area contributed by atoms with Gasteiger partial charge in [0.05, 0.1) is 0 Å². The van der Waals surface area contributed by atoms with Crippen molar-refractivity contribution in [3.8, 4) is 0 Å². The number of hydrogen-bond acceptors (Lipinski definition) is 0. The van der Waals surface area contributed by atoms with Crippen LogP contribution in [0.5, 0.6) is 0 Å². The lowest BCUT2D eigenvalue weighted by atomic mass is 9.64. The van der Waals surface area contributed by atoms with Gasteiger partial charge in [0.2, 0.25) is 0 Å². The molecule has 0 heterocycles. The van der Waals surface area contributed by atoms with Crippen molar-refractivity contribution in [1.82, 2.24) is 0 Å². The highest BCUT2D eigenvalue weighted by Gasteiger charge is 2.34. The van der Waals surface area contributed by atoms with Crippen LogP contribution in [0.4, 0.5) is 8.78 Å². The molecule has 0 saturated heterocycles. The fourth-order valence-corrected chi connectivity index (χ4v) is 8.04. The van der Waals surface area contributed by atoms with Crippen LogP contribution in [0.25, 0.3) is 0 Å². The second-order valence-electron chi connectivity index (χ2n) is 12.3. The molecule has 0 nitrogen and oxygen atoms in total. The quantitative estimate of drug-likeness (QED) is 0.335. The Morgan fingerprint density at radius 3 is 1.32 bits per heavy atom. The molecule has 192 valence electrons. The summed E-state index contributed by atoms with van der Waals surface area (Å²) >= 11 is 0. The molecule has 3 fully saturated rings. The van der Waals surface area contributed by atoms with Crippen LogP contribution in [0.15, 0.2) is 12.1 Å². The van der Waals surface area contributed by atoms with Crippen LogP contribution < -0.4 is 0 Å². The van der Waals surface area contributed by atoms with Gasteiger partial charge in [0, 0.05) is 0 Å². The van der Waals surface area contributed by atoms with E-state index in [2.05, 4.69) is 6.92 Å². The van der Waals surface area contributed by atoms with Crippen LogP contribution in [-0.2, 0) is 12.8 Å². The van der Waals surface area contributed by atoms with Crippen molar-refractivity contribution >= 4 is 0 Å². The molecule has 3 saturated carbocycles. The number of rotatable bonds is 9. The van der Waals surface area contributed by atoms with Gasteiger partial charge in [-0.2, -0.15) is 0 Å². The maximum absolute atomic E-state index is 14.5. The highest BCUT2D eigenvalue weighted by Crippen LogP contribution is 2.46. The first-order valence-corrected chi connectivity index (χ1v) is 15.0. The van der Waals surface area contributed by atoms with E-state index in [0.29, 0.717) is 29.9 Å². The first-order valence-electron chi connectivity index (χ1n) is 15.0. The zero-order valence-corrected chi connectivity index (χ0v) is 22.1. The van der Waals surface area contributed by atoms with E-state index in [1.165, 1.54) is 89.9 Å². The molecule has 3 aliphatic rings. The average molecular weight is 473 g/mol. The summed E-state index contributed by atoms with van der Waals surface area (Å²) in [6, 6.07) is 3.64. The van der Waals surface area contributed by atoms with E-state index in [9.17, 15) is 8.78 Å². The fraction of sp³-hybridized carbons (Fsp3) is 0.812. The Balaban J connectivity index is 1.16. The summed E-state index contributed by atoms with van der Waals surface area (Å²) in [6.45, 7) is 4.35. The van der Waals surface area contributed by atoms with Gasteiger partial charge in [-0.25, -0.2) is 8.78 Å². The second kappa shape index (κ2) is 12.9. The van der Waals surface area contributed by atoms with Crippen LogP contribution in [0.3, 0.4) is 0 Å². The summed E-state index contributed by atoms with van der Waals surface area (Å²) in [5, 5.41) is 0. The Morgan fingerprint density at radius 2 is 0.912 bits per heavy atom. The molecule has 0 atom stereocenters. The van der Waals surface area contributed by atoms with Crippen molar-refractivity contribution in [2.75, 3.05) is 0 Å². The zero-order valence-electron chi connectivity index (χ0n) is 22.1. The maximum Gasteiger partial charge on any atom is 0.162 e. The molecule has 0 spiro atoms. The Kier molecular flexibility index (Phi) is 9.89. The monoisotopic (exact) mass is 472 g/mol. The summed E-state index contributed by atoms with van der Waals surface area (Å²) in [7, 11) is 0. The van der Waals surface area contributed by atoms with Crippen LogP contribution >= 0.6 is 0 Å². The number of halogens is 2.